The number of hydrogen-bond donors (Lipinski definition) is 1. The molecule has 0 unspecified atom stereocenters. The first kappa shape index (κ1) is 25.0. The molecule has 1 N–H and O–H groups in total. The van der Waals surface area contributed by atoms with Gasteiger partial charge in [-0.25, -0.2) is 4.79 Å². The molecule has 0 saturated heterocycles. The van der Waals surface area contributed by atoms with Gasteiger partial charge in [-0.3, -0.25) is 9.13 Å². The standard InChI is InChI=1S/C24H33N3O3.ClH/c1-4-5-14-29-15-6-13-25-17-19-7-10-21(11-8-19)30-18-20-9-12-22-23(16-20)27(3)24(28)26(22)2;/h7-12,16,25H,4-6,13-15,17-18H2,1-3H3;1H. The first-order valence-corrected chi connectivity index (χ1v) is 10.7. The highest BCUT2D eigenvalue weighted by Gasteiger charge is 2.08. The van der Waals surface area contributed by atoms with E-state index in [0.717, 1.165) is 61.5 Å². The average molecular weight is 448 g/mol. The fourth-order valence-corrected chi connectivity index (χ4v) is 3.39. The molecule has 0 aliphatic carbocycles. The number of rotatable bonds is 12. The number of nitrogens with one attached hydrogen (secondary N) is 1. The van der Waals surface area contributed by atoms with Crippen molar-refractivity contribution in [1.29, 1.82) is 0 Å². The summed E-state index contributed by atoms with van der Waals surface area (Å²) < 4.78 is 14.8. The lowest BCUT2D eigenvalue weighted by molar-refractivity contribution is 0.129. The van der Waals surface area contributed by atoms with Crippen LogP contribution in [0.25, 0.3) is 11.0 Å². The molecule has 1 aromatic heterocycles. The van der Waals surface area contributed by atoms with Crippen LogP contribution >= 0.6 is 12.4 Å². The summed E-state index contributed by atoms with van der Waals surface area (Å²) in [7, 11) is 3.58. The van der Waals surface area contributed by atoms with Gasteiger partial charge >= 0.3 is 5.69 Å². The smallest absolute Gasteiger partial charge is 0.328 e. The summed E-state index contributed by atoms with van der Waals surface area (Å²) in [5.74, 6) is 0.838. The molecule has 170 valence electrons. The largest absolute Gasteiger partial charge is 0.489 e. The van der Waals surface area contributed by atoms with Gasteiger partial charge in [0.05, 0.1) is 11.0 Å². The summed E-state index contributed by atoms with van der Waals surface area (Å²) in [5.41, 5.74) is 4.10. The summed E-state index contributed by atoms with van der Waals surface area (Å²) in [6.07, 6.45) is 3.35. The average Bonchev–Trinajstić information content (AvgIpc) is 2.98. The maximum absolute atomic E-state index is 12.1. The van der Waals surface area contributed by atoms with Crippen molar-refractivity contribution in [3.63, 3.8) is 0 Å². The third kappa shape index (κ3) is 6.86. The molecule has 31 heavy (non-hydrogen) atoms. The van der Waals surface area contributed by atoms with Crippen LogP contribution in [0.2, 0.25) is 0 Å². The maximum Gasteiger partial charge on any atom is 0.328 e. The van der Waals surface area contributed by atoms with Crippen LogP contribution in [0, 0.1) is 0 Å². The minimum Gasteiger partial charge on any atom is -0.489 e. The van der Waals surface area contributed by atoms with E-state index in [-0.39, 0.29) is 18.1 Å². The normalized spacial score (nSPS) is 10.9. The van der Waals surface area contributed by atoms with Gasteiger partial charge in [0.1, 0.15) is 12.4 Å². The van der Waals surface area contributed by atoms with E-state index in [9.17, 15) is 4.79 Å². The number of hydrogen-bond acceptors (Lipinski definition) is 4. The molecule has 0 saturated carbocycles. The second-order valence-corrected chi connectivity index (χ2v) is 7.65. The second kappa shape index (κ2) is 12.5. The molecule has 0 bridgehead atoms. The molecular formula is C24H34ClN3O3. The lowest BCUT2D eigenvalue weighted by Gasteiger charge is -2.09. The lowest BCUT2D eigenvalue weighted by Crippen LogP contribution is -2.19. The summed E-state index contributed by atoms with van der Waals surface area (Å²) in [5, 5.41) is 3.45. The van der Waals surface area contributed by atoms with E-state index in [1.807, 2.05) is 30.3 Å². The van der Waals surface area contributed by atoms with Crippen LogP contribution in [0.3, 0.4) is 0 Å². The molecule has 1 heterocycles. The van der Waals surface area contributed by atoms with Crippen LogP contribution in [0.15, 0.2) is 47.3 Å². The van der Waals surface area contributed by atoms with Crippen LogP contribution in [0.4, 0.5) is 0 Å². The highest BCUT2D eigenvalue weighted by atomic mass is 35.5. The molecule has 0 atom stereocenters. The van der Waals surface area contributed by atoms with Crippen LogP contribution < -0.4 is 15.7 Å². The fraction of sp³-hybridized carbons (Fsp3) is 0.458. The van der Waals surface area contributed by atoms with Crippen LogP contribution in [-0.4, -0.2) is 28.9 Å². The van der Waals surface area contributed by atoms with Crippen molar-refractivity contribution in [2.24, 2.45) is 14.1 Å². The van der Waals surface area contributed by atoms with Gasteiger partial charge in [0.25, 0.3) is 0 Å². The Kier molecular flexibility index (Phi) is 10.1. The summed E-state index contributed by atoms with van der Waals surface area (Å²) in [6, 6.07) is 14.2. The van der Waals surface area contributed by atoms with E-state index in [0.29, 0.717) is 6.61 Å². The number of aromatic nitrogens is 2. The van der Waals surface area contributed by atoms with Crippen molar-refractivity contribution >= 4 is 23.4 Å². The zero-order chi connectivity index (χ0) is 21.3. The van der Waals surface area contributed by atoms with E-state index in [2.05, 4.69) is 24.4 Å². The number of nitrogens with zero attached hydrogens (tertiary/aromatic N) is 2. The van der Waals surface area contributed by atoms with E-state index < -0.39 is 0 Å². The molecule has 0 radical (unpaired) electrons. The highest BCUT2D eigenvalue weighted by Crippen LogP contribution is 2.17. The van der Waals surface area contributed by atoms with Crippen molar-refractivity contribution in [1.82, 2.24) is 14.5 Å². The molecule has 3 aromatic rings. The molecule has 7 heteroatoms. The van der Waals surface area contributed by atoms with Crippen molar-refractivity contribution in [2.75, 3.05) is 19.8 Å². The number of benzene rings is 2. The molecule has 3 rings (SSSR count). The Labute approximate surface area is 190 Å². The molecule has 0 aliphatic heterocycles. The Bertz CT molecular complexity index is 996. The van der Waals surface area contributed by atoms with Crippen LogP contribution in [0.1, 0.15) is 37.3 Å². The predicted octanol–water partition coefficient (Wildman–Crippen LogP) is 4.17. The molecule has 0 spiro atoms. The Balaban J connectivity index is 0.00000341. The highest BCUT2D eigenvalue weighted by molar-refractivity contribution is 5.85. The minimum absolute atomic E-state index is 0. The molecule has 0 fully saturated rings. The molecule has 0 aliphatic rings. The topological polar surface area (TPSA) is 57.4 Å². The monoisotopic (exact) mass is 447 g/mol. The Morgan fingerprint density at radius 1 is 0.903 bits per heavy atom. The van der Waals surface area contributed by atoms with Crippen molar-refractivity contribution in [3.05, 3.63) is 64.1 Å². The zero-order valence-corrected chi connectivity index (χ0v) is 19.5. The quantitative estimate of drug-likeness (QED) is 0.423. The summed E-state index contributed by atoms with van der Waals surface area (Å²) in [6.45, 7) is 6.13. The van der Waals surface area contributed by atoms with E-state index in [4.69, 9.17) is 9.47 Å². The van der Waals surface area contributed by atoms with Gasteiger partial charge in [-0.1, -0.05) is 31.5 Å². The fourth-order valence-electron chi connectivity index (χ4n) is 3.39. The van der Waals surface area contributed by atoms with E-state index >= 15 is 0 Å². The van der Waals surface area contributed by atoms with Gasteiger partial charge in [0.15, 0.2) is 0 Å². The Morgan fingerprint density at radius 2 is 1.58 bits per heavy atom. The third-order valence-electron chi connectivity index (χ3n) is 5.28. The van der Waals surface area contributed by atoms with Gasteiger partial charge in [0, 0.05) is 33.9 Å². The molecular weight excluding hydrogens is 414 g/mol. The first-order valence-electron chi connectivity index (χ1n) is 10.7. The van der Waals surface area contributed by atoms with Gasteiger partial charge in [-0.2, -0.15) is 0 Å². The number of aryl methyl sites for hydroxylation is 2. The van der Waals surface area contributed by atoms with Gasteiger partial charge in [0.2, 0.25) is 0 Å². The zero-order valence-electron chi connectivity index (χ0n) is 18.7. The van der Waals surface area contributed by atoms with Crippen molar-refractivity contribution < 1.29 is 9.47 Å². The molecule has 2 aromatic carbocycles. The van der Waals surface area contributed by atoms with Crippen LogP contribution in [0.5, 0.6) is 5.75 Å². The predicted molar refractivity (Wildman–Crippen MR) is 128 cm³/mol. The number of ether oxygens (including phenoxy) is 2. The van der Waals surface area contributed by atoms with Gasteiger partial charge in [-0.05, 0) is 54.8 Å². The summed E-state index contributed by atoms with van der Waals surface area (Å²) >= 11 is 0. The Hall–Kier alpha value is -2.28. The van der Waals surface area contributed by atoms with E-state index in [1.165, 1.54) is 12.0 Å². The maximum atomic E-state index is 12.1. The number of unbranched alkanes of at least 4 members (excludes halogenated alkanes) is 1. The van der Waals surface area contributed by atoms with Crippen LogP contribution in [-0.2, 0) is 32.0 Å². The number of imidazole rings is 1. The SMILES string of the molecule is CCCCOCCCNCc1ccc(OCc2ccc3c(c2)n(C)c(=O)n3C)cc1.Cl. The second-order valence-electron chi connectivity index (χ2n) is 7.65. The lowest BCUT2D eigenvalue weighted by atomic mass is 10.2. The van der Waals surface area contributed by atoms with Crippen molar-refractivity contribution in [2.45, 2.75) is 39.3 Å². The Morgan fingerprint density at radius 3 is 2.32 bits per heavy atom. The first-order chi connectivity index (χ1) is 14.6. The minimum atomic E-state index is -0.0173. The molecule has 6 nitrogen and oxygen atoms in total. The van der Waals surface area contributed by atoms with Gasteiger partial charge in [-0.15, -0.1) is 12.4 Å². The van der Waals surface area contributed by atoms with E-state index in [1.54, 1.807) is 23.2 Å². The van der Waals surface area contributed by atoms with Gasteiger partial charge < -0.3 is 14.8 Å². The molecule has 0 amide bonds. The number of halogens is 1. The summed E-state index contributed by atoms with van der Waals surface area (Å²) in [4.78, 5) is 12.1. The van der Waals surface area contributed by atoms with Crippen molar-refractivity contribution in [3.8, 4) is 5.75 Å². The number of fused-ring (bicyclic) bond motifs is 1. The third-order valence-corrected chi connectivity index (χ3v) is 5.28.